The van der Waals surface area contributed by atoms with Crippen molar-refractivity contribution in [3.8, 4) is 0 Å². The smallest absolute Gasteiger partial charge is 0.329 e. The molecule has 24 heavy (non-hydrogen) atoms. The van der Waals surface area contributed by atoms with Crippen LogP contribution in [0.2, 0.25) is 0 Å². The number of hydrogen-bond acceptors (Lipinski definition) is 4. The maximum Gasteiger partial charge on any atom is 0.329 e. The molecule has 0 saturated carbocycles. The Bertz CT molecular complexity index is 914. The Morgan fingerprint density at radius 2 is 2.08 bits per heavy atom. The lowest BCUT2D eigenvalue weighted by Crippen LogP contribution is -2.36. The van der Waals surface area contributed by atoms with Gasteiger partial charge in [-0.15, -0.1) is 11.3 Å². The van der Waals surface area contributed by atoms with Gasteiger partial charge in [-0.3, -0.25) is 19.1 Å². The second-order valence-corrected chi connectivity index (χ2v) is 8.72. The summed E-state index contributed by atoms with van der Waals surface area (Å²) in [5.41, 5.74) is 5.66. The van der Waals surface area contributed by atoms with Crippen LogP contribution in [-0.2, 0) is 24.2 Å². The van der Waals surface area contributed by atoms with Crippen LogP contribution in [0.5, 0.6) is 0 Å². The van der Waals surface area contributed by atoms with E-state index in [0.29, 0.717) is 16.1 Å². The summed E-state index contributed by atoms with van der Waals surface area (Å²) in [6, 6.07) is 0. The molecule has 1 aliphatic rings. The number of thiophene rings is 1. The van der Waals surface area contributed by atoms with Gasteiger partial charge in [-0.1, -0.05) is 20.8 Å². The van der Waals surface area contributed by atoms with Gasteiger partial charge in [0.05, 0.1) is 5.39 Å². The van der Waals surface area contributed by atoms with Gasteiger partial charge < -0.3 is 5.73 Å². The summed E-state index contributed by atoms with van der Waals surface area (Å²) in [5.74, 6) is 0.0450. The summed E-state index contributed by atoms with van der Waals surface area (Å²) in [6.45, 7) is 6.76. The molecule has 1 amide bonds. The first kappa shape index (κ1) is 17.0. The highest BCUT2D eigenvalue weighted by Crippen LogP contribution is 2.41. The fraction of sp³-hybridized carbons (Fsp3) is 0.588. The fourth-order valence-corrected chi connectivity index (χ4v) is 4.77. The lowest BCUT2D eigenvalue weighted by molar-refractivity contribution is -0.118. The predicted molar refractivity (Wildman–Crippen MR) is 95.5 cm³/mol. The van der Waals surface area contributed by atoms with Crippen molar-refractivity contribution < 1.29 is 4.79 Å². The van der Waals surface area contributed by atoms with E-state index in [1.165, 1.54) is 16.2 Å². The first-order valence-corrected chi connectivity index (χ1v) is 9.06. The van der Waals surface area contributed by atoms with Crippen molar-refractivity contribution in [3.05, 3.63) is 31.3 Å². The number of amides is 1. The molecular weight excluding hydrogens is 326 g/mol. The van der Waals surface area contributed by atoms with Gasteiger partial charge in [0.15, 0.2) is 0 Å². The molecule has 2 aromatic rings. The summed E-state index contributed by atoms with van der Waals surface area (Å²) < 4.78 is 1.09. The third kappa shape index (κ3) is 2.92. The average Bonchev–Trinajstić information content (AvgIpc) is 2.82. The van der Waals surface area contributed by atoms with E-state index < -0.39 is 11.6 Å². The quantitative estimate of drug-likeness (QED) is 0.883. The van der Waals surface area contributed by atoms with E-state index in [1.54, 1.807) is 0 Å². The van der Waals surface area contributed by atoms with Crippen LogP contribution < -0.4 is 17.0 Å². The van der Waals surface area contributed by atoms with Gasteiger partial charge in [0.25, 0.3) is 5.56 Å². The molecule has 3 N–H and O–H groups in total. The highest BCUT2D eigenvalue weighted by Gasteiger charge is 2.31. The summed E-state index contributed by atoms with van der Waals surface area (Å²) in [6.07, 6.45) is 2.82. The Labute approximate surface area is 143 Å². The summed E-state index contributed by atoms with van der Waals surface area (Å²) >= 11 is 1.52. The number of nitrogens with two attached hydrogens (primary N) is 1. The normalized spacial score (nSPS) is 17.9. The van der Waals surface area contributed by atoms with Gasteiger partial charge >= 0.3 is 5.69 Å². The fourth-order valence-electron chi connectivity index (χ4n) is 3.46. The van der Waals surface area contributed by atoms with Gasteiger partial charge in [0.1, 0.15) is 4.83 Å². The summed E-state index contributed by atoms with van der Waals surface area (Å²) in [7, 11) is 0. The minimum atomic E-state index is -0.526. The number of aryl methyl sites for hydroxylation is 1. The summed E-state index contributed by atoms with van der Waals surface area (Å²) in [5, 5.41) is 0.617. The monoisotopic (exact) mass is 349 g/mol. The Hall–Kier alpha value is -1.89. The number of primary amides is 1. The van der Waals surface area contributed by atoms with Gasteiger partial charge in [0.2, 0.25) is 5.91 Å². The minimum absolute atomic E-state index is 0.0209. The Balaban J connectivity index is 2.09. The zero-order valence-corrected chi connectivity index (χ0v) is 15.1. The van der Waals surface area contributed by atoms with Crippen molar-refractivity contribution >= 4 is 27.5 Å². The van der Waals surface area contributed by atoms with Crippen LogP contribution >= 0.6 is 11.3 Å². The van der Waals surface area contributed by atoms with Gasteiger partial charge in [-0.2, -0.15) is 0 Å². The topological polar surface area (TPSA) is 97.9 Å². The van der Waals surface area contributed by atoms with E-state index in [4.69, 9.17) is 5.73 Å². The van der Waals surface area contributed by atoms with Crippen molar-refractivity contribution in [2.45, 2.75) is 53.0 Å². The zero-order valence-electron chi connectivity index (χ0n) is 14.3. The SMILES string of the molecule is CC(C)(C)C1CCc2c(sc3[nH]c(=O)n(CCC(N)=O)c(=O)c23)C1. The number of carbonyl (C=O) groups excluding carboxylic acids is 1. The van der Waals surface area contributed by atoms with Crippen LogP contribution in [0, 0.1) is 11.3 Å². The molecule has 1 aliphatic carbocycles. The van der Waals surface area contributed by atoms with Crippen LogP contribution in [0.1, 0.15) is 44.1 Å². The van der Waals surface area contributed by atoms with Crippen molar-refractivity contribution in [2.24, 2.45) is 17.1 Å². The molecule has 0 bridgehead atoms. The third-order valence-electron chi connectivity index (χ3n) is 5.00. The number of carbonyl (C=O) groups is 1. The molecule has 7 heteroatoms. The molecule has 0 saturated heterocycles. The maximum atomic E-state index is 12.8. The number of aromatic nitrogens is 2. The molecular formula is C17H23N3O3S. The Morgan fingerprint density at radius 1 is 1.38 bits per heavy atom. The molecule has 1 unspecified atom stereocenters. The standard InChI is InChI=1S/C17H23N3O3S/c1-17(2,3)9-4-5-10-11(8-9)24-14-13(10)15(22)20(16(23)19-14)7-6-12(18)21/h9H,4-8H2,1-3H3,(H2,18,21)(H,19,23). The van der Waals surface area contributed by atoms with Crippen LogP contribution in [0.15, 0.2) is 9.59 Å². The molecule has 6 nitrogen and oxygen atoms in total. The first-order chi connectivity index (χ1) is 11.2. The van der Waals surface area contributed by atoms with E-state index in [1.807, 2.05) is 0 Å². The summed E-state index contributed by atoms with van der Waals surface area (Å²) in [4.78, 5) is 40.6. The average molecular weight is 349 g/mol. The molecule has 0 aliphatic heterocycles. The van der Waals surface area contributed by atoms with E-state index >= 15 is 0 Å². The highest BCUT2D eigenvalue weighted by molar-refractivity contribution is 7.18. The molecule has 2 heterocycles. The molecule has 0 spiro atoms. The van der Waals surface area contributed by atoms with Gasteiger partial charge in [-0.25, -0.2) is 4.79 Å². The molecule has 0 aromatic carbocycles. The lowest BCUT2D eigenvalue weighted by atomic mass is 9.72. The van der Waals surface area contributed by atoms with E-state index in [0.717, 1.165) is 29.4 Å². The maximum absolute atomic E-state index is 12.8. The number of nitrogens with one attached hydrogen (secondary N) is 1. The number of nitrogens with zero attached hydrogens (tertiary/aromatic N) is 1. The molecule has 0 fully saturated rings. The predicted octanol–water partition coefficient (Wildman–Crippen LogP) is 1.78. The third-order valence-corrected chi connectivity index (χ3v) is 6.17. The van der Waals surface area contributed by atoms with Crippen LogP contribution in [0.25, 0.3) is 10.2 Å². The molecule has 130 valence electrons. The van der Waals surface area contributed by atoms with Crippen molar-refractivity contribution in [1.29, 1.82) is 0 Å². The number of hydrogen-bond donors (Lipinski definition) is 2. The highest BCUT2D eigenvalue weighted by atomic mass is 32.1. The Kier molecular flexibility index (Phi) is 4.15. The van der Waals surface area contributed by atoms with Gasteiger partial charge in [-0.05, 0) is 36.2 Å². The lowest BCUT2D eigenvalue weighted by Gasteiger charge is -2.33. The second-order valence-electron chi connectivity index (χ2n) is 7.62. The number of fused-ring (bicyclic) bond motifs is 3. The molecule has 1 atom stereocenters. The number of rotatable bonds is 3. The second kappa shape index (κ2) is 5.88. The Morgan fingerprint density at radius 3 is 2.71 bits per heavy atom. The van der Waals surface area contributed by atoms with Gasteiger partial charge in [0, 0.05) is 17.8 Å². The molecule has 2 aromatic heterocycles. The number of H-pyrrole nitrogens is 1. The van der Waals surface area contributed by atoms with E-state index in [2.05, 4.69) is 25.8 Å². The molecule has 3 rings (SSSR count). The zero-order chi connectivity index (χ0) is 17.6. The largest absolute Gasteiger partial charge is 0.370 e. The first-order valence-electron chi connectivity index (χ1n) is 8.24. The minimum Gasteiger partial charge on any atom is -0.370 e. The van der Waals surface area contributed by atoms with Crippen LogP contribution in [0.3, 0.4) is 0 Å². The van der Waals surface area contributed by atoms with Crippen molar-refractivity contribution in [1.82, 2.24) is 9.55 Å². The van der Waals surface area contributed by atoms with E-state index in [-0.39, 0.29) is 23.9 Å². The van der Waals surface area contributed by atoms with Crippen LogP contribution in [-0.4, -0.2) is 15.5 Å². The van der Waals surface area contributed by atoms with Crippen molar-refractivity contribution in [3.63, 3.8) is 0 Å². The molecule has 0 radical (unpaired) electrons. The number of aromatic amines is 1. The van der Waals surface area contributed by atoms with E-state index in [9.17, 15) is 14.4 Å². The van der Waals surface area contributed by atoms with Crippen LogP contribution in [0.4, 0.5) is 0 Å². The van der Waals surface area contributed by atoms with Crippen molar-refractivity contribution in [2.75, 3.05) is 0 Å².